The Hall–Kier alpha value is -2.78. The van der Waals surface area contributed by atoms with Gasteiger partial charge in [0.2, 0.25) is 10.0 Å². The van der Waals surface area contributed by atoms with Gasteiger partial charge in [-0.25, -0.2) is 17.5 Å². The zero-order chi connectivity index (χ0) is 19.4. The first kappa shape index (κ1) is 19.0. The zero-order valence-electron chi connectivity index (χ0n) is 14.3. The number of hydrogen-bond acceptors (Lipinski definition) is 4. The van der Waals surface area contributed by atoms with Crippen LogP contribution in [0.25, 0.3) is 11.0 Å². The molecule has 9 heteroatoms. The minimum absolute atomic E-state index is 0.0462. The van der Waals surface area contributed by atoms with Gasteiger partial charge in [-0.15, -0.1) is 0 Å². The largest absolute Gasteiger partial charge is 0.316 e. The molecule has 0 spiro atoms. The van der Waals surface area contributed by atoms with E-state index in [1.165, 1.54) is 12.1 Å². The number of aryl methyl sites for hydroxylation is 1. The summed E-state index contributed by atoms with van der Waals surface area (Å²) < 4.78 is 41.2. The second kappa shape index (κ2) is 7.85. The van der Waals surface area contributed by atoms with Crippen LogP contribution in [0.3, 0.4) is 0 Å². The number of halogens is 1. The summed E-state index contributed by atoms with van der Waals surface area (Å²) in [5.41, 5.74) is -0.310. The van der Waals surface area contributed by atoms with Gasteiger partial charge in [0.25, 0.3) is 0 Å². The Bertz CT molecular complexity index is 1170. The highest BCUT2D eigenvalue weighted by Gasteiger charge is 2.12. The fourth-order valence-corrected chi connectivity index (χ4v) is 3.81. The van der Waals surface area contributed by atoms with Crippen molar-refractivity contribution in [1.29, 1.82) is 0 Å². The van der Waals surface area contributed by atoms with Crippen molar-refractivity contribution in [3.63, 3.8) is 0 Å². The zero-order valence-corrected chi connectivity index (χ0v) is 15.1. The number of benzene rings is 2. The molecule has 0 radical (unpaired) electrons. The van der Waals surface area contributed by atoms with Crippen LogP contribution in [0.2, 0.25) is 0 Å². The molecule has 3 rings (SSSR count). The lowest BCUT2D eigenvalue weighted by atomic mass is 10.2. The van der Waals surface area contributed by atoms with Crippen molar-refractivity contribution in [2.45, 2.75) is 13.0 Å². The molecule has 0 fully saturated rings. The number of aromatic amines is 1. The average Bonchev–Trinajstić information content (AvgIpc) is 2.64. The van der Waals surface area contributed by atoms with Crippen LogP contribution in [0, 0.1) is 5.82 Å². The van der Waals surface area contributed by atoms with Gasteiger partial charge in [0, 0.05) is 13.1 Å². The molecule has 0 aliphatic carbocycles. The predicted molar refractivity (Wildman–Crippen MR) is 101 cm³/mol. The highest BCUT2D eigenvalue weighted by atomic mass is 32.2. The lowest BCUT2D eigenvalue weighted by Crippen LogP contribution is -2.39. The lowest BCUT2D eigenvalue weighted by molar-refractivity contribution is 0.571. The molecule has 1 aromatic heterocycles. The van der Waals surface area contributed by atoms with Crippen LogP contribution in [-0.4, -0.2) is 30.3 Å². The summed E-state index contributed by atoms with van der Waals surface area (Å²) in [7, 11) is -3.54. The monoisotopic (exact) mass is 391 g/mol. The Morgan fingerprint density at radius 2 is 1.81 bits per heavy atom. The number of nitrogens with one attached hydrogen (secondary N) is 2. The van der Waals surface area contributed by atoms with Gasteiger partial charge < -0.3 is 9.55 Å². The van der Waals surface area contributed by atoms with Gasteiger partial charge in [0.15, 0.2) is 0 Å². The maximum Gasteiger partial charge on any atom is 0.316 e. The normalized spacial score (nSPS) is 11.7. The van der Waals surface area contributed by atoms with Crippen molar-refractivity contribution in [2.24, 2.45) is 0 Å². The molecular formula is C18H18FN3O4S. The van der Waals surface area contributed by atoms with Crippen molar-refractivity contribution in [1.82, 2.24) is 14.3 Å². The van der Waals surface area contributed by atoms with Gasteiger partial charge in [-0.2, -0.15) is 0 Å². The molecule has 2 aromatic carbocycles. The minimum Gasteiger partial charge on any atom is -0.316 e. The Kier molecular flexibility index (Phi) is 5.52. The van der Waals surface area contributed by atoms with Crippen LogP contribution in [0.4, 0.5) is 4.39 Å². The molecule has 0 amide bonds. The summed E-state index contributed by atoms with van der Waals surface area (Å²) in [5, 5.41) is 0. The fraction of sp³-hybridized carbons (Fsp3) is 0.222. The Morgan fingerprint density at radius 1 is 1.07 bits per heavy atom. The van der Waals surface area contributed by atoms with Gasteiger partial charge in [-0.1, -0.05) is 30.3 Å². The highest BCUT2D eigenvalue weighted by Crippen LogP contribution is 2.10. The highest BCUT2D eigenvalue weighted by molar-refractivity contribution is 7.89. The van der Waals surface area contributed by atoms with Crippen molar-refractivity contribution in [3.8, 4) is 0 Å². The van der Waals surface area contributed by atoms with Gasteiger partial charge in [-0.3, -0.25) is 9.59 Å². The first-order chi connectivity index (χ1) is 12.9. The van der Waals surface area contributed by atoms with Gasteiger partial charge in [0.1, 0.15) is 5.82 Å². The standard InChI is InChI=1S/C18H18FN3O4S/c19-14-6-7-16-15(12-14)21-17(23)18(24)22(16)10-9-20-27(25,26)11-8-13-4-2-1-3-5-13/h1-7,12,20H,8-11H2,(H,21,23). The average molecular weight is 391 g/mol. The molecule has 0 saturated carbocycles. The predicted octanol–water partition coefficient (Wildman–Crippen LogP) is 0.991. The SMILES string of the molecule is O=c1[nH]c2cc(F)ccc2n(CCNS(=O)(=O)CCc2ccccc2)c1=O. The topological polar surface area (TPSA) is 101 Å². The van der Waals surface area contributed by atoms with E-state index in [1.54, 1.807) is 0 Å². The molecule has 0 bridgehead atoms. The van der Waals surface area contributed by atoms with E-state index in [1.807, 2.05) is 30.3 Å². The molecular weight excluding hydrogens is 373 g/mol. The Balaban J connectivity index is 1.70. The summed E-state index contributed by atoms with van der Waals surface area (Å²) in [4.78, 5) is 26.1. The lowest BCUT2D eigenvalue weighted by Gasteiger charge is -2.11. The molecule has 1 heterocycles. The van der Waals surface area contributed by atoms with Crippen LogP contribution < -0.4 is 15.8 Å². The summed E-state index contributed by atoms with van der Waals surface area (Å²) >= 11 is 0. The van der Waals surface area contributed by atoms with Crippen LogP contribution in [-0.2, 0) is 23.0 Å². The summed E-state index contributed by atoms with van der Waals surface area (Å²) in [5.74, 6) is -0.641. The third-order valence-corrected chi connectivity index (χ3v) is 5.48. The number of nitrogens with zero attached hydrogens (tertiary/aromatic N) is 1. The van der Waals surface area contributed by atoms with Gasteiger partial charge in [-0.05, 0) is 30.2 Å². The van der Waals surface area contributed by atoms with E-state index in [-0.39, 0.29) is 24.4 Å². The molecule has 142 valence electrons. The number of fused-ring (bicyclic) bond motifs is 1. The molecule has 3 aromatic rings. The van der Waals surface area contributed by atoms with Gasteiger partial charge >= 0.3 is 11.1 Å². The second-order valence-electron chi connectivity index (χ2n) is 6.02. The van der Waals surface area contributed by atoms with Crippen LogP contribution in [0.15, 0.2) is 58.1 Å². The quantitative estimate of drug-likeness (QED) is 0.587. The van der Waals surface area contributed by atoms with E-state index in [4.69, 9.17) is 0 Å². The fourth-order valence-electron chi connectivity index (χ4n) is 2.76. The van der Waals surface area contributed by atoms with Gasteiger partial charge in [0.05, 0.1) is 16.8 Å². The van der Waals surface area contributed by atoms with E-state index in [2.05, 4.69) is 9.71 Å². The van der Waals surface area contributed by atoms with Crippen molar-refractivity contribution in [3.05, 3.63) is 80.6 Å². The minimum atomic E-state index is -3.54. The molecule has 27 heavy (non-hydrogen) atoms. The molecule has 2 N–H and O–H groups in total. The smallest absolute Gasteiger partial charge is 0.316 e. The third-order valence-electron chi connectivity index (χ3n) is 4.10. The number of rotatable bonds is 7. The number of sulfonamides is 1. The molecule has 7 nitrogen and oxygen atoms in total. The van der Waals surface area contributed by atoms with E-state index >= 15 is 0 Å². The van der Waals surface area contributed by atoms with Crippen LogP contribution >= 0.6 is 0 Å². The maximum absolute atomic E-state index is 13.3. The van der Waals surface area contributed by atoms with Crippen molar-refractivity contribution < 1.29 is 12.8 Å². The molecule has 0 aliphatic rings. The summed E-state index contributed by atoms with van der Waals surface area (Å²) in [6.45, 7) is -0.109. The summed E-state index contributed by atoms with van der Waals surface area (Å²) in [6, 6.07) is 12.9. The molecule has 0 unspecified atom stereocenters. The third kappa shape index (κ3) is 4.69. The second-order valence-corrected chi connectivity index (χ2v) is 7.95. The number of hydrogen-bond donors (Lipinski definition) is 2. The number of H-pyrrole nitrogens is 1. The van der Waals surface area contributed by atoms with E-state index in [0.29, 0.717) is 11.9 Å². The van der Waals surface area contributed by atoms with Crippen LogP contribution in [0.1, 0.15) is 5.56 Å². The van der Waals surface area contributed by atoms with E-state index < -0.39 is 27.0 Å². The van der Waals surface area contributed by atoms with E-state index in [9.17, 15) is 22.4 Å². The van der Waals surface area contributed by atoms with Crippen molar-refractivity contribution >= 4 is 21.1 Å². The molecule has 0 saturated heterocycles. The summed E-state index contributed by atoms with van der Waals surface area (Å²) in [6.07, 6.45) is 0.364. The van der Waals surface area contributed by atoms with Crippen molar-refractivity contribution in [2.75, 3.05) is 12.3 Å². The first-order valence-electron chi connectivity index (χ1n) is 8.29. The van der Waals surface area contributed by atoms with E-state index in [0.717, 1.165) is 16.2 Å². The first-order valence-corrected chi connectivity index (χ1v) is 9.94. The Morgan fingerprint density at radius 3 is 2.56 bits per heavy atom. The van der Waals surface area contributed by atoms with Crippen LogP contribution in [0.5, 0.6) is 0 Å². The maximum atomic E-state index is 13.3. The molecule has 0 aliphatic heterocycles. The Labute approximate surface area is 154 Å². The number of aromatic nitrogens is 2. The molecule has 0 atom stereocenters.